The molecule has 1 saturated heterocycles. The Morgan fingerprint density at radius 3 is 2.36 bits per heavy atom. The quantitative estimate of drug-likeness (QED) is 0.720. The fraction of sp³-hybridized carbons (Fsp3) is 0.364. The normalized spacial score (nSPS) is 14.3. The van der Waals surface area contributed by atoms with Crippen molar-refractivity contribution in [3.05, 3.63) is 58.1 Å². The Hall–Kier alpha value is -2.34. The monoisotopic (exact) mass is 444 g/mol. The first-order chi connectivity index (χ1) is 13.5. The highest BCUT2D eigenvalue weighted by atomic mass is 79.9. The number of ether oxygens (including phenoxy) is 1. The molecule has 0 saturated carbocycles. The zero-order valence-electron chi connectivity index (χ0n) is 16.0. The van der Waals surface area contributed by atoms with Crippen LogP contribution in [-0.4, -0.2) is 36.4 Å². The van der Waals surface area contributed by atoms with Crippen molar-refractivity contribution < 1.29 is 14.3 Å². The van der Waals surface area contributed by atoms with E-state index in [1.807, 2.05) is 30.0 Å². The predicted octanol–water partition coefficient (Wildman–Crippen LogP) is 4.79. The number of carbonyl (C=O) groups excluding carboxylic acids is 2. The highest BCUT2D eigenvalue weighted by Crippen LogP contribution is 2.21. The van der Waals surface area contributed by atoms with Crippen LogP contribution in [0.1, 0.15) is 41.6 Å². The van der Waals surface area contributed by atoms with Crippen molar-refractivity contribution in [2.75, 3.05) is 25.0 Å². The third kappa shape index (κ3) is 5.58. The van der Waals surface area contributed by atoms with Crippen LogP contribution in [-0.2, 0) is 4.79 Å². The predicted molar refractivity (Wildman–Crippen MR) is 114 cm³/mol. The Balaban J connectivity index is 1.52. The van der Waals surface area contributed by atoms with Crippen LogP contribution in [0.4, 0.5) is 5.69 Å². The number of carbonyl (C=O) groups is 2. The Morgan fingerprint density at radius 1 is 1.04 bits per heavy atom. The summed E-state index contributed by atoms with van der Waals surface area (Å²) in [6.45, 7) is 3.54. The maximum absolute atomic E-state index is 12.6. The smallest absolute Gasteiger partial charge is 0.262 e. The lowest BCUT2D eigenvalue weighted by molar-refractivity contribution is -0.118. The molecule has 0 bridgehead atoms. The van der Waals surface area contributed by atoms with Gasteiger partial charge in [-0.1, -0.05) is 28.8 Å². The third-order valence-corrected chi connectivity index (χ3v) is 5.70. The van der Waals surface area contributed by atoms with Crippen LogP contribution < -0.4 is 10.1 Å². The molecule has 148 valence electrons. The van der Waals surface area contributed by atoms with Crippen molar-refractivity contribution in [3.8, 4) is 5.75 Å². The molecule has 0 radical (unpaired) electrons. The Labute approximate surface area is 174 Å². The number of halogens is 1. The van der Waals surface area contributed by atoms with E-state index in [-0.39, 0.29) is 18.4 Å². The number of rotatable bonds is 5. The Bertz CT molecular complexity index is 828. The molecule has 5 nitrogen and oxygen atoms in total. The van der Waals surface area contributed by atoms with Crippen molar-refractivity contribution in [2.45, 2.75) is 32.6 Å². The standard InChI is InChI=1S/C22H25BrN2O3/c1-16-14-19(10-11-20(16)23)28-15-21(26)24-18-8-6-17(7-9-18)22(27)25-12-4-2-3-5-13-25/h6-11,14H,2-5,12-13,15H2,1H3,(H,24,26). The van der Waals surface area contributed by atoms with Gasteiger partial charge in [-0.05, 0) is 67.8 Å². The largest absolute Gasteiger partial charge is 0.484 e. The van der Waals surface area contributed by atoms with E-state index in [0.29, 0.717) is 17.0 Å². The van der Waals surface area contributed by atoms with Crippen molar-refractivity contribution in [1.82, 2.24) is 4.90 Å². The van der Waals surface area contributed by atoms with E-state index in [1.54, 1.807) is 24.3 Å². The van der Waals surface area contributed by atoms with E-state index in [1.165, 1.54) is 12.8 Å². The molecule has 1 aliphatic rings. The summed E-state index contributed by atoms with van der Waals surface area (Å²) in [6.07, 6.45) is 4.52. The van der Waals surface area contributed by atoms with Crippen LogP contribution in [0.15, 0.2) is 46.9 Å². The Morgan fingerprint density at radius 2 is 1.71 bits per heavy atom. The topological polar surface area (TPSA) is 58.6 Å². The highest BCUT2D eigenvalue weighted by molar-refractivity contribution is 9.10. The van der Waals surface area contributed by atoms with Crippen LogP contribution in [0, 0.1) is 6.92 Å². The van der Waals surface area contributed by atoms with Crippen LogP contribution in [0.25, 0.3) is 0 Å². The second-order valence-corrected chi connectivity index (χ2v) is 7.89. The third-order valence-electron chi connectivity index (χ3n) is 4.81. The van der Waals surface area contributed by atoms with E-state index in [0.717, 1.165) is 36.0 Å². The summed E-state index contributed by atoms with van der Waals surface area (Å²) in [7, 11) is 0. The van der Waals surface area contributed by atoms with Crippen molar-refractivity contribution in [3.63, 3.8) is 0 Å². The summed E-state index contributed by atoms with van der Waals surface area (Å²) in [5.41, 5.74) is 2.34. The zero-order valence-corrected chi connectivity index (χ0v) is 17.6. The zero-order chi connectivity index (χ0) is 19.9. The summed E-state index contributed by atoms with van der Waals surface area (Å²) >= 11 is 3.44. The van der Waals surface area contributed by atoms with E-state index in [4.69, 9.17) is 4.74 Å². The summed E-state index contributed by atoms with van der Waals surface area (Å²) in [6, 6.07) is 12.6. The highest BCUT2D eigenvalue weighted by Gasteiger charge is 2.17. The molecule has 0 aromatic heterocycles. The first kappa shape index (κ1) is 20.4. The first-order valence-corrected chi connectivity index (χ1v) is 10.4. The molecular formula is C22H25BrN2O3. The van der Waals surface area contributed by atoms with Gasteiger partial charge in [-0.15, -0.1) is 0 Å². The van der Waals surface area contributed by atoms with Gasteiger partial charge in [0.05, 0.1) is 0 Å². The van der Waals surface area contributed by atoms with Crippen LogP contribution in [0.2, 0.25) is 0 Å². The number of aryl methyl sites for hydroxylation is 1. The Kier molecular flexibility index (Phi) is 7.09. The molecule has 1 aliphatic heterocycles. The number of likely N-dealkylation sites (tertiary alicyclic amines) is 1. The fourth-order valence-electron chi connectivity index (χ4n) is 3.21. The average molecular weight is 445 g/mol. The molecule has 2 aromatic carbocycles. The van der Waals surface area contributed by atoms with Crippen LogP contribution in [0.3, 0.4) is 0 Å². The van der Waals surface area contributed by atoms with Crippen molar-refractivity contribution in [1.29, 1.82) is 0 Å². The molecule has 1 heterocycles. The summed E-state index contributed by atoms with van der Waals surface area (Å²) < 4.78 is 6.53. The van der Waals surface area contributed by atoms with Gasteiger partial charge in [0, 0.05) is 28.8 Å². The molecule has 0 atom stereocenters. The van der Waals surface area contributed by atoms with Gasteiger partial charge in [0.1, 0.15) is 5.75 Å². The van der Waals surface area contributed by atoms with E-state index in [9.17, 15) is 9.59 Å². The minimum Gasteiger partial charge on any atom is -0.484 e. The average Bonchev–Trinajstić information content (AvgIpc) is 2.98. The maximum Gasteiger partial charge on any atom is 0.262 e. The van der Waals surface area contributed by atoms with Crippen molar-refractivity contribution >= 4 is 33.4 Å². The fourth-order valence-corrected chi connectivity index (χ4v) is 3.45. The molecule has 2 aromatic rings. The van der Waals surface area contributed by atoms with Gasteiger partial charge in [-0.25, -0.2) is 0 Å². The lowest BCUT2D eigenvalue weighted by Crippen LogP contribution is -2.31. The van der Waals surface area contributed by atoms with E-state index >= 15 is 0 Å². The number of hydrogen-bond donors (Lipinski definition) is 1. The number of anilines is 1. The number of amides is 2. The summed E-state index contributed by atoms with van der Waals surface area (Å²) in [5, 5.41) is 2.80. The molecule has 3 rings (SSSR count). The molecule has 28 heavy (non-hydrogen) atoms. The van der Waals surface area contributed by atoms with Gasteiger partial charge in [-0.2, -0.15) is 0 Å². The number of nitrogens with one attached hydrogen (secondary N) is 1. The second-order valence-electron chi connectivity index (χ2n) is 7.03. The van der Waals surface area contributed by atoms with Gasteiger partial charge < -0.3 is 15.0 Å². The SMILES string of the molecule is Cc1cc(OCC(=O)Nc2ccc(C(=O)N3CCCCCC3)cc2)ccc1Br. The molecule has 6 heteroatoms. The lowest BCUT2D eigenvalue weighted by Gasteiger charge is -2.20. The van der Waals surface area contributed by atoms with Gasteiger partial charge in [0.2, 0.25) is 0 Å². The molecule has 2 amide bonds. The first-order valence-electron chi connectivity index (χ1n) is 9.61. The lowest BCUT2D eigenvalue weighted by atomic mass is 10.1. The summed E-state index contributed by atoms with van der Waals surface area (Å²) in [4.78, 5) is 26.7. The molecule has 1 fully saturated rings. The summed E-state index contributed by atoms with van der Waals surface area (Å²) in [5.74, 6) is 0.468. The van der Waals surface area contributed by atoms with Crippen LogP contribution in [0.5, 0.6) is 5.75 Å². The number of nitrogens with zero attached hydrogens (tertiary/aromatic N) is 1. The minimum absolute atomic E-state index is 0.0636. The van der Waals surface area contributed by atoms with Crippen molar-refractivity contribution in [2.24, 2.45) is 0 Å². The molecule has 0 spiro atoms. The maximum atomic E-state index is 12.6. The van der Waals surface area contributed by atoms with Gasteiger partial charge >= 0.3 is 0 Å². The van der Waals surface area contributed by atoms with E-state index < -0.39 is 0 Å². The number of benzene rings is 2. The van der Waals surface area contributed by atoms with Gasteiger partial charge in [-0.3, -0.25) is 9.59 Å². The number of hydrogen-bond acceptors (Lipinski definition) is 3. The molecule has 0 aliphatic carbocycles. The molecular weight excluding hydrogens is 420 g/mol. The van der Waals surface area contributed by atoms with Crippen LogP contribution >= 0.6 is 15.9 Å². The van der Waals surface area contributed by atoms with Gasteiger partial charge in [0.25, 0.3) is 11.8 Å². The van der Waals surface area contributed by atoms with Gasteiger partial charge in [0.15, 0.2) is 6.61 Å². The molecule has 1 N–H and O–H groups in total. The molecule has 0 unspecified atom stereocenters. The van der Waals surface area contributed by atoms with E-state index in [2.05, 4.69) is 21.2 Å². The minimum atomic E-state index is -0.243. The second kappa shape index (κ2) is 9.73.